The Morgan fingerprint density at radius 3 is 2.97 bits per heavy atom. The van der Waals surface area contributed by atoms with Crippen LogP contribution in [-0.2, 0) is 11.3 Å². The van der Waals surface area contributed by atoms with Gasteiger partial charge in [0.2, 0.25) is 0 Å². The van der Waals surface area contributed by atoms with Gasteiger partial charge in [0.05, 0.1) is 24.9 Å². The van der Waals surface area contributed by atoms with E-state index in [9.17, 15) is 0 Å². The lowest BCUT2D eigenvalue weighted by Crippen LogP contribution is -2.37. The van der Waals surface area contributed by atoms with Gasteiger partial charge in [0.1, 0.15) is 12.1 Å². The molecule has 0 amide bonds. The molecule has 7 heteroatoms. The summed E-state index contributed by atoms with van der Waals surface area (Å²) in [6.07, 6.45) is 6.04. The number of para-hydroxylation sites is 1. The molecule has 0 aliphatic carbocycles. The molecule has 0 saturated carbocycles. The molecular formula is C22H28N6O. The monoisotopic (exact) mass is 392 g/mol. The lowest BCUT2D eigenvalue weighted by molar-refractivity contribution is 0.0340. The molecule has 0 radical (unpaired) electrons. The maximum absolute atomic E-state index is 5.49. The molecule has 2 aliphatic heterocycles. The van der Waals surface area contributed by atoms with Gasteiger partial charge in [-0.25, -0.2) is 9.97 Å². The van der Waals surface area contributed by atoms with Gasteiger partial charge in [-0.3, -0.25) is 10.00 Å². The number of hydrogen-bond acceptors (Lipinski definition) is 6. The standard InChI is InChI=1S/C22H28N6O/c1-16-4-2-6-19-20(16)23-15-24-22(19)28-7-3-5-17(14-28)21-18(12-25-26-21)13-27-8-10-29-11-9-27/h2,4,6,12,15,17H,3,5,7-11,13-14H2,1H3,(H,25,26)/t17-/m0/s1. The van der Waals surface area contributed by atoms with Crippen molar-refractivity contribution in [2.75, 3.05) is 44.3 Å². The highest BCUT2D eigenvalue weighted by atomic mass is 16.5. The van der Waals surface area contributed by atoms with Crippen LogP contribution in [0.2, 0.25) is 0 Å². The number of aryl methyl sites for hydroxylation is 1. The summed E-state index contributed by atoms with van der Waals surface area (Å²) in [5.41, 5.74) is 4.85. The molecule has 7 nitrogen and oxygen atoms in total. The first-order chi connectivity index (χ1) is 14.3. The van der Waals surface area contributed by atoms with E-state index in [1.807, 2.05) is 6.20 Å². The van der Waals surface area contributed by atoms with Crippen molar-refractivity contribution in [2.24, 2.45) is 0 Å². The fraction of sp³-hybridized carbons (Fsp3) is 0.500. The molecule has 2 fully saturated rings. The summed E-state index contributed by atoms with van der Waals surface area (Å²) >= 11 is 0. The first-order valence-corrected chi connectivity index (χ1v) is 10.6. The summed E-state index contributed by atoms with van der Waals surface area (Å²) in [6.45, 7) is 8.68. The number of H-pyrrole nitrogens is 1. The molecule has 152 valence electrons. The van der Waals surface area contributed by atoms with Crippen LogP contribution in [0.25, 0.3) is 10.9 Å². The van der Waals surface area contributed by atoms with Crippen molar-refractivity contribution in [1.29, 1.82) is 0 Å². The number of nitrogens with one attached hydrogen (secondary N) is 1. The van der Waals surface area contributed by atoms with Crippen molar-refractivity contribution >= 4 is 16.7 Å². The van der Waals surface area contributed by atoms with E-state index in [0.29, 0.717) is 5.92 Å². The average molecular weight is 393 g/mol. The number of morpholine rings is 1. The summed E-state index contributed by atoms with van der Waals surface area (Å²) in [6, 6.07) is 6.35. The molecule has 3 aromatic rings. The largest absolute Gasteiger partial charge is 0.379 e. The highest BCUT2D eigenvalue weighted by molar-refractivity contribution is 5.91. The first-order valence-electron chi connectivity index (χ1n) is 10.6. The minimum absolute atomic E-state index is 0.442. The Morgan fingerprint density at radius 1 is 1.17 bits per heavy atom. The number of piperidine rings is 1. The highest BCUT2D eigenvalue weighted by Crippen LogP contribution is 2.33. The van der Waals surface area contributed by atoms with Crippen molar-refractivity contribution in [3.05, 3.63) is 47.5 Å². The number of aromatic amines is 1. The number of ether oxygens (including phenoxy) is 1. The van der Waals surface area contributed by atoms with Gasteiger partial charge in [-0.15, -0.1) is 0 Å². The summed E-state index contributed by atoms with van der Waals surface area (Å²) in [4.78, 5) is 14.1. The zero-order valence-corrected chi connectivity index (χ0v) is 17.0. The topological polar surface area (TPSA) is 70.2 Å². The van der Waals surface area contributed by atoms with Crippen LogP contribution in [0.4, 0.5) is 5.82 Å². The fourth-order valence-electron chi connectivity index (χ4n) is 4.68. The van der Waals surface area contributed by atoms with E-state index >= 15 is 0 Å². The van der Waals surface area contributed by atoms with Gasteiger partial charge in [0.15, 0.2) is 0 Å². The number of benzene rings is 1. The fourth-order valence-corrected chi connectivity index (χ4v) is 4.68. The Morgan fingerprint density at radius 2 is 2.07 bits per heavy atom. The van der Waals surface area contributed by atoms with Crippen LogP contribution in [0.3, 0.4) is 0 Å². The van der Waals surface area contributed by atoms with Crippen LogP contribution in [0, 0.1) is 6.92 Å². The van der Waals surface area contributed by atoms with Crippen LogP contribution in [0.1, 0.15) is 35.6 Å². The van der Waals surface area contributed by atoms with Crippen LogP contribution >= 0.6 is 0 Å². The number of rotatable bonds is 4. The predicted molar refractivity (Wildman–Crippen MR) is 113 cm³/mol. The van der Waals surface area contributed by atoms with E-state index in [1.54, 1.807) is 6.33 Å². The third-order valence-corrected chi connectivity index (χ3v) is 6.22. The molecule has 5 rings (SSSR count). The Balaban J connectivity index is 1.38. The molecule has 0 unspecified atom stereocenters. The third kappa shape index (κ3) is 3.72. The summed E-state index contributed by atoms with van der Waals surface area (Å²) in [7, 11) is 0. The molecule has 0 bridgehead atoms. The number of fused-ring (bicyclic) bond motifs is 1. The predicted octanol–water partition coefficient (Wildman–Crippen LogP) is 2.88. The molecule has 2 aliphatic rings. The third-order valence-electron chi connectivity index (χ3n) is 6.22. The van der Waals surface area contributed by atoms with Gasteiger partial charge in [0.25, 0.3) is 0 Å². The Kier molecular flexibility index (Phi) is 5.16. The molecule has 2 saturated heterocycles. The summed E-state index contributed by atoms with van der Waals surface area (Å²) in [5, 5.41) is 8.86. The number of nitrogens with zero attached hydrogens (tertiary/aromatic N) is 5. The van der Waals surface area contributed by atoms with Crippen molar-refractivity contribution in [2.45, 2.75) is 32.2 Å². The minimum Gasteiger partial charge on any atom is -0.379 e. The molecule has 1 atom stereocenters. The Labute approximate surface area is 171 Å². The van der Waals surface area contributed by atoms with E-state index in [0.717, 1.165) is 69.1 Å². The average Bonchev–Trinajstić information content (AvgIpc) is 3.23. The Bertz CT molecular complexity index is 980. The van der Waals surface area contributed by atoms with Gasteiger partial charge >= 0.3 is 0 Å². The SMILES string of the molecule is Cc1cccc2c(N3CCC[C@H](c4[nH]ncc4CN4CCOCC4)C3)ncnc12. The van der Waals surface area contributed by atoms with Crippen LogP contribution in [0.5, 0.6) is 0 Å². The first kappa shape index (κ1) is 18.5. The van der Waals surface area contributed by atoms with Crippen LogP contribution < -0.4 is 4.90 Å². The number of aromatic nitrogens is 4. The maximum Gasteiger partial charge on any atom is 0.139 e. The smallest absolute Gasteiger partial charge is 0.139 e. The quantitative estimate of drug-likeness (QED) is 0.736. The van der Waals surface area contributed by atoms with Crippen LogP contribution in [0.15, 0.2) is 30.7 Å². The second-order valence-electron chi connectivity index (χ2n) is 8.15. The lowest BCUT2D eigenvalue weighted by Gasteiger charge is -2.34. The molecule has 2 aromatic heterocycles. The summed E-state index contributed by atoms with van der Waals surface area (Å²) < 4.78 is 5.49. The minimum atomic E-state index is 0.442. The van der Waals surface area contributed by atoms with Crippen molar-refractivity contribution in [1.82, 2.24) is 25.1 Å². The van der Waals surface area contributed by atoms with E-state index in [2.05, 4.69) is 55.1 Å². The van der Waals surface area contributed by atoms with E-state index in [1.165, 1.54) is 23.2 Å². The van der Waals surface area contributed by atoms with E-state index in [4.69, 9.17) is 4.74 Å². The lowest BCUT2D eigenvalue weighted by atomic mass is 9.92. The molecule has 4 heterocycles. The normalized spacial score (nSPS) is 21.0. The molecule has 29 heavy (non-hydrogen) atoms. The van der Waals surface area contributed by atoms with E-state index in [-0.39, 0.29) is 0 Å². The van der Waals surface area contributed by atoms with Gasteiger partial charge in [-0.05, 0) is 31.4 Å². The van der Waals surface area contributed by atoms with Gasteiger partial charge in [0, 0.05) is 55.3 Å². The second-order valence-corrected chi connectivity index (χ2v) is 8.15. The number of hydrogen-bond donors (Lipinski definition) is 1. The van der Waals surface area contributed by atoms with E-state index < -0.39 is 0 Å². The molecule has 1 aromatic carbocycles. The van der Waals surface area contributed by atoms with Gasteiger partial charge in [-0.1, -0.05) is 12.1 Å². The molecule has 0 spiro atoms. The van der Waals surface area contributed by atoms with Crippen molar-refractivity contribution in [3.8, 4) is 0 Å². The number of anilines is 1. The van der Waals surface area contributed by atoms with Crippen molar-refractivity contribution in [3.63, 3.8) is 0 Å². The van der Waals surface area contributed by atoms with Crippen LogP contribution in [-0.4, -0.2) is 64.5 Å². The van der Waals surface area contributed by atoms with Crippen molar-refractivity contribution < 1.29 is 4.74 Å². The highest BCUT2D eigenvalue weighted by Gasteiger charge is 2.27. The zero-order chi connectivity index (χ0) is 19.6. The molecule has 1 N–H and O–H groups in total. The Hall–Kier alpha value is -2.51. The summed E-state index contributed by atoms with van der Waals surface area (Å²) in [5.74, 6) is 1.50. The van der Waals surface area contributed by atoms with Gasteiger partial charge < -0.3 is 9.64 Å². The zero-order valence-electron chi connectivity index (χ0n) is 17.0. The maximum atomic E-state index is 5.49. The molecular weight excluding hydrogens is 364 g/mol. The second kappa shape index (κ2) is 8.08. The van der Waals surface area contributed by atoms with Gasteiger partial charge in [-0.2, -0.15) is 5.10 Å².